The molecule has 0 saturated carbocycles. The fraction of sp³-hybridized carbons (Fsp3) is 0.500. The zero-order valence-corrected chi connectivity index (χ0v) is 14.2. The van der Waals surface area contributed by atoms with E-state index in [0.717, 1.165) is 55.0 Å². The number of hydrogen-bond donors (Lipinski definition) is 0. The Kier molecular flexibility index (Phi) is 3.89. The summed E-state index contributed by atoms with van der Waals surface area (Å²) in [5.41, 5.74) is 3.45. The maximum atomic E-state index is 12.7. The Balaban J connectivity index is 1.41. The Bertz CT molecular complexity index is 710. The molecule has 1 fully saturated rings. The number of nitrogens with zero attached hydrogens (tertiary/aromatic N) is 3. The zero-order chi connectivity index (χ0) is 15.8. The Hall–Kier alpha value is -1.75. The second kappa shape index (κ2) is 6.04. The molecule has 3 heterocycles. The van der Waals surface area contributed by atoms with Crippen molar-refractivity contribution in [2.45, 2.75) is 44.9 Å². The lowest BCUT2D eigenvalue weighted by molar-refractivity contribution is 0.0717. The number of carbonyl (C=O) groups excluding carboxylic acids is 1. The van der Waals surface area contributed by atoms with Gasteiger partial charge in [0, 0.05) is 36.3 Å². The van der Waals surface area contributed by atoms with Gasteiger partial charge in [-0.25, -0.2) is 0 Å². The highest BCUT2D eigenvalue weighted by Crippen LogP contribution is 2.33. The number of thiophene rings is 1. The summed E-state index contributed by atoms with van der Waals surface area (Å²) >= 11 is 1.71. The quantitative estimate of drug-likeness (QED) is 0.850. The highest BCUT2D eigenvalue weighted by Gasteiger charge is 2.27. The van der Waals surface area contributed by atoms with E-state index >= 15 is 0 Å². The van der Waals surface area contributed by atoms with Gasteiger partial charge in [-0.15, -0.1) is 11.3 Å². The van der Waals surface area contributed by atoms with E-state index in [2.05, 4.69) is 16.0 Å². The first kappa shape index (κ1) is 14.8. The van der Waals surface area contributed by atoms with Gasteiger partial charge >= 0.3 is 0 Å². The van der Waals surface area contributed by atoms with Crippen LogP contribution in [0.25, 0.3) is 0 Å². The molecule has 5 heteroatoms. The van der Waals surface area contributed by atoms with E-state index in [9.17, 15) is 4.79 Å². The number of carbonyl (C=O) groups is 1. The minimum absolute atomic E-state index is 0.221. The molecule has 1 aliphatic heterocycles. The first-order valence-electron chi connectivity index (χ1n) is 8.40. The van der Waals surface area contributed by atoms with Crippen LogP contribution in [0, 0.1) is 6.92 Å². The number of amides is 1. The first-order chi connectivity index (χ1) is 11.2. The summed E-state index contributed by atoms with van der Waals surface area (Å²) in [5.74, 6) is 0.651. The van der Waals surface area contributed by atoms with E-state index in [0.29, 0.717) is 5.92 Å². The van der Waals surface area contributed by atoms with Crippen molar-refractivity contribution in [3.8, 4) is 0 Å². The summed E-state index contributed by atoms with van der Waals surface area (Å²) in [5, 5.41) is 0. The largest absolute Gasteiger partial charge is 0.338 e. The molecular weight excluding hydrogens is 306 g/mol. The first-order valence-corrected chi connectivity index (χ1v) is 9.22. The van der Waals surface area contributed by atoms with Crippen molar-refractivity contribution in [2.24, 2.45) is 0 Å². The molecule has 23 heavy (non-hydrogen) atoms. The molecule has 2 aromatic heterocycles. The monoisotopic (exact) mass is 327 g/mol. The average Bonchev–Trinajstić information content (AvgIpc) is 3.16. The van der Waals surface area contributed by atoms with E-state index in [4.69, 9.17) is 0 Å². The van der Waals surface area contributed by atoms with Gasteiger partial charge in [0.05, 0.1) is 16.3 Å². The van der Waals surface area contributed by atoms with Crippen molar-refractivity contribution in [3.05, 3.63) is 45.2 Å². The topological polar surface area (TPSA) is 46.1 Å². The average molecular weight is 327 g/mol. The molecule has 0 bridgehead atoms. The van der Waals surface area contributed by atoms with Crippen LogP contribution in [-0.4, -0.2) is 33.9 Å². The van der Waals surface area contributed by atoms with E-state index in [1.54, 1.807) is 17.5 Å². The Morgan fingerprint density at radius 3 is 2.83 bits per heavy atom. The van der Waals surface area contributed by atoms with Crippen molar-refractivity contribution < 1.29 is 4.79 Å². The number of piperidine rings is 1. The second-order valence-electron chi connectivity index (χ2n) is 6.56. The minimum Gasteiger partial charge on any atom is -0.338 e. The summed E-state index contributed by atoms with van der Waals surface area (Å²) in [7, 11) is 0. The lowest BCUT2D eigenvalue weighted by Gasteiger charge is -2.31. The Labute approximate surface area is 140 Å². The number of aryl methyl sites for hydroxylation is 3. The predicted molar refractivity (Wildman–Crippen MR) is 91.0 cm³/mol. The molecule has 0 spiro atoms. The summed E-state index contributed by atoms with van der Waals surface area (Å²) in [6, 6.07) is 2.13. The second-order valence-corrected chi connectivity index (χ2v) is 7.70. The van der Waals surface area contributed by atoms with E-state index < -0.39 is 0 Å². The molecule has 1 aliphatic carbocycles. The van der Waals surface area contributed by atoms with Gasteiger partial charge in [0.25, 0.3) is 5.91 Å². The fourth-order valence-corrected chi connectivity index (χ4v) is 4.87. The molecule has 0 N–H and O–H groups in total. The van der Waals surface area contributed by atoms with Crippen LogP contribution in [0.1, 0.15) is 56.7 Å². The molecule has 1 saturated heterocycles. The summed E-state index contributed by atoms with van der Waals surface area (Å²) in [6.45, 7) is 3.62. The zero-order valence-electron chi connectivity index (χ0n) is 13.4. The van der Waals surface area contributed by atoms with Gasteiger partial charge in [-0.2, -0.15) is 0 Å². The lowest BCUT2D eigenvalue weighted by atomic mass is 9.93. The van der Waals surface area contributed by atoms with Crippen molar-refractivity contribution in [2.75, 3.05) is 13.1 Å². The SMILES string of the molecule is Cc1cncc(C2CCN(C(=O)c3cc4c(s3)CCC4)CC2)n1. The van der Waals surface area contributed by atoms with Crippen LogP contribution in [-0.2, 0) is 12.8 Å². The molecule has 120 valence electrons. The third kappa shape index (κ3) is 2.90. The molecule has 0 atom stereocenters. The molecule has 4 nitrogen and oxygen atoms in total. The number of hydrogen-bond acceptors (Lipinski definition) is 4. The number of rotatable bonds is 2. The van der Waals surface area contributed by atoms with Crippen LogP contribution in [0.4, 0.5) is 0 Å². The molecule has 0 unspecified atom stereocenters. The Morgan fingerprint density at radius 1 is 1.26 bits per heavy atom. The molecular formula is C18H21N3OS. The van der Waals surface area contributed by atoms with Crippen LogP contribution in [0.2, 0.25) is 0 Å². The van der Waals surface area contributed by atoms with Gasteiger partial charge in [0.1, 0.15) is 0 Å². The van der Waals surface area contributed by atoms with Crippen molar-refractivity contribution in [1.82, 2.24) is 14.9 Å². The van der Waals surface area contributed by atoms with Crippen LogP contribution in [0.5, 0.6) is 0 Å². The third-order valence-electron chi connectivity index (χ3n) is 4.93. The van der Waals surface area contributed by atoms with Crippen molar-refractivity contribution in [1.29, 1.82) is 0 Å². The van der Waals surface area contributed by atoms with Gasteiger partial charge in [0.15, 0.2) is 0 Å². The van der Waals surface area contributed by atoms with Crippen molar-refractivity contribution in [3.63, 3.8) is 0 Å². The fourth-order valence-electron chi connectivity index (χ4n) is 3.65. The summed E-state index contributed by atoms with van der Waals surface area (Å²) < 4.78 is 0. The molecule has 2 aromatic rings. The van der Waals surface area contributed by atoms with E-state index in [-0.39, 0.29) is 5.91 Å². The maximum absolute atomic E-state index is 12.7. The van der Waals surface area contributed by atoms with Crippen LogP contribution < -0.4 is 0 Å². The summed E-state index contributed by atoms with van der Waals surface area (Å²) in [6.07, 6.45) is 9.17. The van der Waals surface area contributed by atoms with Crippen LogP contribution in [0.3, 0.4) is 0 Å². The molecule has 0 radical (unpaired) electrons. The maximum Gasteiger partial charge on any atom is 0.263 e. The van der Waals surface area contributed by atoms with Gasteiger partial charge < -0.3 is 4.90 Å². The van der Waals surface area contributed by atoms with Gasteiger partial charge in [-0.3, -0.25) is 14.8 Å². The standard InChI is InChI=1S/C18H21N3OS/c1-12-10-19-11-15(20-12)13-5-7-21(8-6-13)18(22)17-9-14-3-2-4-16(14)23-17/h9-11,13H,2-8H2,1H3. The van der Waals surface area contributed by atoms with E-state index in [1.807, 2.05) is 18.0 Å². The molecule has 4 rings (SSSR count). The highest BCUT2D eigenvalue weighted by atomic mass is 32.1. The van der Waals surface area contributed by atoms with Crippen LogP contribution >= 0.6 is 11.3 Å². The van der Waals surface area contributed by atoms with E-state index in [1.165, 1.54) is 16.9 Å². The lowest BCUT2D eigenvalue weighted by Crippen LogP contribution is -2.37. The highest BCUT2D eigenvalue weighted by molar-refractivity contribution is 7.14. The van der Waals surface area contributed by atoms with Crippen molar-refractivity contribution >= 4 is 17.2 Å². The number of fused-ring (bicyclic) bond motifs is 1. The Morgan fingerprint density at radius 2 is 2.09 bits per heavy atom. The summed E-state index contributed by atoms with van der Waals surface area (Å²) in [4.78, 5) is 25.9. The minimum atomic E-state index is 0.221. The van der Waals surface area contributed by atoms with Crippen LogP contribution in [0.15, 0.2) is 18.5 Å². The van der Waals surface area contributed by atoms with Gasteiger partial charge in [0.2, 0.25) is 0 Å². The third-order valence-corrected chi connectivity index (χ3v) is 6.16. The molecule has 0 aromatic carbocycles. The smallest absolute Gasteiger partial charge is 0.263 e. The predicted octanol–water partition coefficient (Wildman–Crippen LogP) is 3.36. The number of likely N-dealkylation sites (tertiary alicyclic amines) is 1. The van der Waals surface area contributed by atoms with Gasteiger partial charge in [-0.1, -0.05) is 0 Å². The normalized spacial score (nSPS) is 18.2. The number of aromatic nitrogens is 2. The molecule has 1 amide bonds. The molecule has 2 aliphatic rings. The van der Waals surface area contributed by atoms with Gasteiger partial charge in [-0.05, 0) is 50.7 Å².